The molecule has 9 aromatic carbocycles. The van der Waals surface area contributed by atoms with Crippen LogP contribution in [0.15, 0.2) is 224 Å². The van der Waals surface area contributed by atoms with Gasteiger partial charge in [0.05, 0.1) is 77.4 Å². The van der Waals surface area contributed by atoms with Gasteiger partial charge in [-0.05, 0) is 78.3 Å². The molecule has 5 heteroatoms. The van der Waals surface area contributed by atoms with Crippen LogP contribution < -0.4 is 0 Å². The summed E-state index contributed by atoms with van der Waals surface area (Å²) in [6.45, 7) is 0. The van der Waals surface area contributed by atoms with E-state index in [4.69, 9.17) is 16.0 Å². The van der Waals surface area contributed by atoms with Crippen LogP contribution in [0.5, 0.6) is 0 Å². The fraction of sp³-hybridized carbons (Fsp3) is 0. The maximum Gasteiger partial charge on any atom is 0.140 e. The third-order valence-electron chi connectivity index (χ3n) is 12.3. The van der Waals surface area contributed by atoms with Crippen LogP contribution in [0, 0.1) is 0 Å². The minimum absolute atomic E-state index is 0.186. The zero-order chi connectivity index (χ0) is 55.8. The number of pyridine rings is 1. The van der Waals surface area contributed by atoms with E-state index in [1.165, 1.54) is 9.13 Å². The molecule has 14 rings (SSSR count). The van der Waals surface area contributed by atoms with Gasteiger partial charge in [-0.15, -0.1) is 0 Å². The second-order valence-corrected chi connectivity index (χ2v) is 15.5. The number of rotatable bonds is 5. The molecule has 64 heavy (non-hydrogen) atoms. The van der Waals surface area contributed by atoms with Gasteiger partial charge in [0.1, 0.15) is 11.6 Å². The molecule has 0 N–H and O–H groups in total. The molecule has 0 bridgehead atoms. The maximum atomic E-state index is 9.54. The summed E-state index contributed by atoms with van der Waals surface area (Å²) >= 11 is 0. The number of nitrogens with zero attached hydrogens (tertiary/aromatic N) is 5. The van der Waals surface area contributed by atoms with Gasteiger partial charge < -0.3 is 9.13 Å². The Bertz CT molecular complexity index is 4600. The highest BCUT2D eigenvalue weighted by atomic mass is 15.1. The maximum absolute atomic E-state index is 9.54. The average Bonchev–Trinajstić information content (AvgIpc) is 4.37. The van der Waals surface area contributed by atoms with Crippen LogP contribution in [0.3, 0.4) is 0 Å². The Morgan fingerprint density at radius 1 is 0.297 bits per heavy atom. The number of aromatic nitrogens is 5. The van der Waals surface area contributed by atoms with Crippen LogP contribution in [-0.2, 0) is 0 Å². The fourth-order valence-corrected chi connectivity index (χ4v) is 9.74. The van der Waals surface area contributed by atoms with E-state index in [0.29, 0.717) is 22.5 Å². The van der Waals surface area contributed by atoms with E-state index in [2.05, 4.69) is 9.13 Å². The van der Waals surface area contributed by atoms with Crippen molar-refractivity contribution in [2.45, 2.75) is 0 Å². The lowest BCUT2D eigenvalue weighted by Gasteiger charge is -2.21. The summed E-state index contributed by atoms with van der Waals surface area (Å²) < 4.78 is 153. The van der Waals surface area contributed by atoms with Crippen molar-refractivity contribution >= 4 is 87.2 Å². The predicted molar refractivity (Wildman–Crippen MR) is 267 cm³/mol. The Hall–Kier alpha value is -8.67. The van der Waals surface area contributed by atoms with E-state index in [0.717, 1.165) is 43.6 Å². The molecule has 14 aromatic rings. The molecule has 5 aromatic heterocycles. The zero-order valence-corrected chi connectivity index (χ0v) is 33.4. The molecule has 0 unspecified atom stereocenters. The molecule has 0 spiro atoms. The molecule has 0 atom stereocenters. The van der Waals surface area contributed by atoms with E-state index in [-0.39, 0.29) is 55.2 Å². The van der Waals surface area contributed by atoms with Crippen molar-refractivity contribution in [2.75, 3.05) is 0 Å². The lowest BCUT2D eigenvalue weighted by molar-refractivity contribution is 1.01. The highest BCUT2D eigenvalue weighted by Crippen LogP contribution is 2.44. The number of hydrogen-bond acceptors (Lipinski definition) is 1. The molecular weight excluding hydrogens is 779 g/mol. The molecule has 0 saturated heterocycles. The third kappa shape index (κ3) is 4.86. The van der Waals surface area contributed by atoms with Crippen molar-refractivity contribution < 1.29 is 21.9 Å². The highest BCUT2D eigenvalue weighted by molar-refractivity contribution is 6.13. The second-order valence-electron chi connectivity index (χ2n) is 15.5. The number of fused-ring (bicyclic) bond motifs is 12. The van der Waals surface area contributed by atoms with Gasteiger partial charge in [0.15, 0.2) is 0 Å². The van der Waals surface area contributed by atoms with Crippen LogP contribution in [0.1, 0.15) is 21.9 Å². The Morgan fingerprint density at radius 3 is 0.953 bits per heavy atom. The Labute approximate surface area is 390 Å². The van der Waals surface area contributed by atoms with Gasteiger partial charge in [-0.1, -0.05) is 151 Å². The van der Waals surface area contributed by atoms with Gasteiger partial charge in [-0.2, -0.15) is 0 Å². The summed E-state index contributed by atoms with van der Waals surface area (Å²) in [7, 11) is 0. The lowest BCUT2D eigenvalue weighted by Crippen LogP contribution is -2.07. The Morgan fingerprint density at radius 2 is 0.609 bits per heavy atom. The number of benzene rings is 9. The first-order chi connectivity index (χ1) is 38.4. The van der Waals surface area contributed by atoms with Crippen molar-refractivity contribution in [3.05, 3.63) is 224 Å². The largest absolute Gasteiger partial charge is 0.309 e. The topological polar surface area (TPSA) is 32.6 Å². The lowest BCUT2D eigenvalue weighted by atomic mass is 10.0. The monoisotopic (exact) mass is 831 g/mol. The summed E-state index contributed by atoms with van der Waals surface area (Å²) in [6.07, 6.45) is 0. The fourth-order valence-electron chi connectivity index (χ4n) is 9.74. The van der Waals surface area contributed by atoms with Gasteiger partial charge >= 0.3 is 0 Å². The van der Waals surface area contributed by atoms with Gasteiger partial charge in [0.2, 0.25) is 0 Å². The second kappa shape index (κ2) is 13.4. The van der Waals surface area contributed by atoms with E-state index in [1.807, 2.05) is 115 Å². The molecule has 0 saturated carbocycles. The molecular formula is C59H37N5. The summed E-state index contributed by atoms with van der Waals surface area (Å²) in [5, 5.41) is 2.88. The summed E-state index contributed by atoms with van der Waals surface area (Å²) in [4.78, 5) is 5.22. The van der Waals surface area contributed by atoms with Gasteiger partial charge in [0.25, 0.3) is 0 Å². The van der Waals surface area contributed by atoms with Crippen LogP contribution in [0.4, 0.5) is 0 Å². The van der Waals surface area contributed by atoms with Crippen molar-refractivity contribution in [2.24, 2.45) is 0 Å². The van der Waals surface area contributed by atoms with Gasteiger partial charge in [-0.3, -0.25) is 9.13 Å². The van der Waals surface area contributed by atoms with Crippen LogP contribution >= 0.6 is 0 Å². The Balaban J connectivity index is 1.26. The summed E-state index contributed by atoms with van der Waals surface area (Å²) in [6, 6.07) is 30.9. The van der Waals surface area contributed by atoms with Crippen LogP contribution in [0.25, 0.3) is 121 Å². The van der Waals surface area contributed by atoms with E-state index < -0.39 is 96.7 Å². The average molecular weight is 832 g/mol. The minimum atomic E-state index is -0.669. The molecule has 5 heterocycles. The molecule has 298 valence electrons. The number of para-hydroxylation sites is 8. The van der Waals surface area contributed by atoms with Crippen molar-refractivity contribution in [3.63, 3.8) is 0 Å². The first-order valence-corrected chi connectivity index (χ1v) is 20.6. The first kappa shape index (κ1) is 23.0. The van der Waals surface area contributed by atoms with Crippen LogP contribution in [0.2, 0.25) is 0 Å². The van der Waals surface area contributed by atoms with Crippen molar-refractivity contribution in [3.8, 4) is 34.1 Å². The molecule has 0 aliphatic heterocycles. The quantitative estimate of drug-likeness (QED) is 0.170. The van der Waals surface area contributed by atoms with E-state index >= 15 is 0 Å². The molecule has 0 fully saturated rings. The summed E-state index contributed by atoms with van der Waals surface area (Å²) in [5.41, 5.74) is 4.36. The smallest absolute Gasteiger partial charge is 0.140 e. The zero-order valence-electron chi connectivity index (χ0n) is 49.4. The minimum Gasteiger partial charge on any atom is -0.309 e. The SMILES string of the molecule is [2H]c1c([2H])c([2H])c2c(c1[2H])c1c([2H])c([2H])c([2H])c([2H])c1n2-c1cc(-c2c(-n3c4ccccc4c4ccccc43)cccc2-n2c3ccccc3c3ccccc32)cc(-n2c3c([2H])c([2H])c([2H])c([2H])c3c3c([2H])c([2H])c([2H])c([2H])c32)n1. The molecule has 0 radical (unpaired) electrons. The normalized spacial score (nSPS) is 15.6. The van der Waals surface area contributed by atoms with Gasteiger partial charge in [-0.25, -0.2) is 4.98 Å². The summed E-state index contributed by atoms with van der Waals surface area (Å²) in [5.74, 6) is -0.371. The molecule has 0 aliphatic rings. The van der Waals surface area contributed by atoms with Gasteiger partial charge in [0, 0.05) is 48.7 Å². The number of hydrogen-bond donors (Lipinski definition) is 0. The molecule has 0 aliphatic carbocycles. The predicted octanol–water partition coefficient (Wildman–Crippen LogP) is 15.1. The highest BCUT2D eigenvalue weighted by Gasteiger charge is 2.25. The van der Waals surface area contributed by atoms with Crippen LogP contribution in [-0.4, -0.2) is 23.3 Å². The molecule has 5 nitrogen and oxygen atoms in total. The first-order valence-electron chi connectivity index (χ1n) is 28.6. The standard InChI is InChI=1S/C59H37N5/c1-9-26-47-39(18-1)40-19-2-10-27-48(40)61(47)55-34-17-35-56(62-49-28-11-3-20-41(49)42-21-4-12-29-50(42)62)59(55)38-36-57(63-51-30-13-5-22-43(51)44-23-6-14-31-52(44)63)60-58(37-38)64-53-32-15-7-24-45(53)46-25-8-16-33-54(46)64/h1-37H/i5D,6D,7D,8D,13D,14D,15D,16D,22D,23D,24D,25D,30D,31D,32D,33D. The van der Waals surface area contributed by atoms with Crippen molar-refractivity contribution in [1.82, 2.24) is 23.3 Å². The van der Waals surface area contributed by atoms with E-state index in [9.17, 15) is 11.0 Å². The molecule has 0 amide bonds. The third-order valence-corrected chi connectivity index (χ3v) is 12.3. The Kier molecular flexibility index (Phi) is 4.81. The van der Waals surface area contributed by atoms with Crippen molar-refractivity contribution in [1.29, 1.82) is 0 Å². The van der Waals surface area contributed by atoms with E-state index in [1.54, 1.807) is 12.1 Å².